The Morgan fingerprint density at radius 1 is 0.333 bits per heavy atom. The van der Waals surface area contributed by atoms with Crippen LogP contribution in [0.1, 0.15) is 0 Å². The minimum absolute atomic E-state index is 0.885. The van der Waals surface area contributed by atoms with E-state index in [0.717, 1.165) is 44.7 Å². The summed E-state index contributed by atoms with van der Waals surface area (Å²) in [6, 6.07) is 69.2. The first-order valence-corrected chi connectivity index (χ1v) is 17.3. The quantitative estimate of drug-likeness (QED) is 0.178. The summed E-state index contributed by atoms with van der Waals surface area (Å²) in [5.74, 6) is 0. The molecule has 51 heavy (non-hydrogen) atoms. The van der Waals surface area contributed by atoms with Gasteiger partial charge in [0, 0.05) is 44.3 Å². The van der Waals surface area contributed by atoms with Crippen LogP contribution in [-0.2, 0) is 0 Å². The van der Waals surface area contributed by atoms with Crippen molar-refractivity contribution >= 4 is 60.8 Å². The zero-order valence-corrected chi connectivity index (χ0v) is 27.8. The minimum Gasteiger partial charge on any atom is -0.456 e. The molecule has 0 saturated heterocycles. The lowest BCUT2D eigenvalue weighted by Crippen LogP contribution is -2.09. The van der Waals surface area contributed by atoms with Gasteiger partial charge in [-0.05, 0) is 95.1 Å². The Morgan fingerprint density at radius 2 is 0.824 bits per heavy atom. The van der Waals surface area contributed by atoms with Gasteiger partial charge in [-0.2, -0.15) is 0 Å². The van der Waals surface area contributed by atoms with Crippen molar-refractivity contribution in [1.82, 2.24) is 4.57 Å². The molecule has 0 radical (unpaired) electrons. The van der Waals surface area contributed by atoms with Crippen LogP contribution in [0.4, 0.5) is 17.1 Å². The third kappa shape index (κ3) is 4.98. The summed E-state index contributed by atoms with van der Waals surface area (Å²) in [4.78, 5) is 2.36. The molecular formula is C48H32N2O. The van der Waals surface area contributed by atoms with E-state index in [0.29, 0.717) is 0 Å². The molecule has 2 heterocycles. The van der Waals surface area contributed by atoms with Crippen LogP contribution in [0, 0.1) is 0 Å². The van der Waals surface area contributed by atoms with E-state index in [1.807, 2.05) is 12.1 Å². The lowest BCUT2D eigenvalue weighted by Gasteiger charge is -2.26. The molecule has 10 aromatic rings. The number of para-hydroxylation sites is 3. The fraction of sp³-hybridized carbons (Fsp3) is 0. The lowest BCUT2D eigenvalue weighted by molar-refractivity contribution is 0.669. The molecule has 0 saturated carbocycles. The van der Waals surface area contributed by atoms with Crippen LogP contribution in [0.3, 0.4) is 0 Å². The first-order valence-electron chi connectivity index (χ1n) is 17.3. The predicted molar refractivity (Wildman–Crippen MR) is 214 cm³/mol. The summed E-state index contributed by atoms with van der Waals surface area (Å²) in [5, 5.41) is 4.65. The van der Waals surface area contributed by atoms with Gasteiger partial charge in [-0.1, -0.05) is 121 Å². The second-order valence-corrected chi connectivity index (χ2v) is 13.0. The maximum Gasteiger partial charge on any atom is 0.135 e. The number of nitrogens with zero attached hydrogens (tertiary/aromatic N) is 2. The molecule has 0 atom stereocenters. The van der Waals surface area contributed by atoms with E-state index in [9.17, 15) is 0 Å². The third-order valence-electron chi connectivity index (χ3n) is 10.00. The van der Waals surface area contributed by atoms with Gasteiger partial charge in [0.15, 0.2) is 0 Å². The summed E-state index contributed by atoms with van der Waals surface area (Å²) in [7, 11) is 0. The summed E-state index contributed by atoms with van der Waals surface area (Å²) < 4.78 is 8.59. The second kappa shape index (κ2) is 11.9. The van der Waals surface area contributed by atoms with Crippen molar-refractivity contribution in [1.29, 1.82) is 0 Å². The van der Waals surface area contributed by atoms with Crippen molar-refractivity contribution in [3.05, 3.63) is 194 Å². The van der Waals surface area contributed by atoms with Crippen LogP contribution in [-0.4, -0.2) is 4.57 Å². The zero-order chi connectivity index (χ0) is 33.7. The van der Waals surface area contributed by atoms with Crippen molar-refractivity contribution in [3.63, 3.8) is 0 Å². The molecular weight excluding hydrogens is 621 g/mol. The van der Waals surface area contributed by atoms with Gasteiger partial charge in [0.1, 0.15) is 11.2 Å². The number of aromatic nitrogens is 1. The molecule has 240 valence electrons. The van der Waals surface area contributed by atoms with Crippen LogP contribution >= 0.6 is 0 Å². The van der Waals surface area contributed by atoms with Crippen molar-refractivity contribution in [2.45, 2.75) is 0 Å². The Labute approximate surface area is 295 Å². The Balaban J connectivity index is 1.12. The first-order chi connectivity index (χ1) is 25.3. The summed E-state index contributed by atoms with van der Waals surface area (Å²) >= 11 is 0. The topological polar surface area (TPSA) is 21.3 Å². The SMILES string of the molecule is c1ccc(-c2ccc(-c3ccc(N(c4ccc5oc6ccccc6c5c4)c4ccc5c(c4)c4ccccc4n5-c4ccccc4)cc3)cc2)cc1. The minimum atomic E-state index is 0.885. The van der Waals surface area contributed by atoms with Gasteiger partial charge >= 0.3 is 0 Å². The standard InChI is InChI=1S/C48H32N2O/c1-3-11-33(12-4-1)34-19-21-35(22-20-34)36-23-25-38(26-24-36)49(40-28-30-48-44(32-40)42-16-8-10-18-47(42)51-48)39-27-29-46-43(31-39)41-15-7-9-17-45(41)50(46)37-13-5-2-6-14-37/h1-32H. The van der Waals surface area contributed by atoms with Crippen LogP contribution in [0.15, 0.2) is 199 Å². The molecule has 0 bridgehead atoms. The van der Waals surface area contributed by atoms with E-state index < -0.39 is 0 Å². The molecule has 3 heteroatoms. The average molecular weight is 653 g/mol. The van der Waals surface area contributed by atoms with Gasteiger partial charge in [0.2, 0.25) is 0 Å². The lowest BCUT2D eigenvalue weighted by atomic mass is 10.00. The Kier molecular flexibility index (Phi) is 6.81. The second-order valence-electron chi connectivity index (χ2n) is 13.0. The molecule has 0 aliphatic heterocycles. The Bertz CT molecular complexity index is 2830. The van der Waals surface area contributed by atoms with Crippen LogP contribution in [0.25, 0.3) is 71.7 Å². The van der Waals surface area contributed by atoms with Crippen LogP contribution in [0.2, 0.25) is 0 Å². The number of fused-ring (bicyclic) bond motifs is 6. The van der Waals surface area contributed by atoms with Crippen molar-refractivity contribution in [2.24, 2.45) is 0 Å². The van der Waals surface area contributed by atoms with Gasteiger partial charge in [-0.15, -0.1) is 0 Å². The molecule has 8 aromatic carbocycles. The van der Waals surface area contributed by atoms with Gasteiger partial charge in [0.05, 0.1) is 11.0 Å². The predicted octanol–water partition coefficient (Wildman–Crippen LogP) is 13.5. The Hall–Kier alpha value is -6.84. The maximum absolute atomic E-state index is 6.23. The molecule has 0 unspecified atom stereocenters. The van der Waals surface area contributed by atoms with E-state index in [4.69, 9.17) is 4.42 Å². The molecule has 0 aliphatic carbocycles. The van der Waals surface area contributed by atoms with E-state index in [1.54, 1.807) is 0 Å². The molecule has 0 aliphatic rings. The van der Waals surface area contributed by atoms with Crippen molar-refractivity contribution < 1.29 is 4.42 Å². The number of anilines is 3. The van der Waals surface area contributed by atoms with Crippen LogP contribution < -0.4 is 4.90 Å². The van der Waals surface area contributed by atoms with E-state index in [1.165, 1.54) is 44.1 Å². The summed E-state index contributed by atoms with van der Waals surface area (Å²) in [6.07, 6.45) is 0. The molecule has 2 aromatic heterocycles. The van der Waals surface area contributed by atoms with E-state index in [2.05, 4.69) is 191 Å². The van der Waals surface area contributed by atoms with Gasteiger partial charge in [-0.25, -0.2) is 0 Å². The maximum atomic E-state index is 6.23. The average Bonchev–Trinajstić information content (AvgIpc) is 3.74. The number of hydrogen-bond donors (Lipinski definition) is 0. The molecule has 0 N–H and O–H groups in total. The molecule has 3 nitrogen and oxygen atoms in total. The number of furan rings is 1. The summed E-state index contributed by atoms with van der Waals surface area (Å²) in [6.45, 7) is 0. The molecule has 10 rings (SSSR count). The molecule has 0 spiro atoms. The highest BCUT2D eigenvalue weighted by Gasteiger charge is 2.19. The third-order valence-corrected chi connectivity index (χ3v) is 10.00. The van der Waals surface area contributed by atoms with Crippen LogP contribution in [0.5, 0.6) is 0 Å². The smallest absolute Gasteiger partial charge is 0.135 e. The normalized spacial score (nSPS) is 11.5. The molecule has 0 fully saturated rings. The van der Waals surface area contributed by atoms with Gasteiger partial charge in [-0.3, -0.25) is 0 Å². The molecule has 0 amide bonds. The Morgan fingerprint density at radius 3 is 1.55 bits per heavy atom. The van der Waals surface area contributed by atoms with Gasteiger partial charge < -0.3 is 13.9 Å². The summed E-state index contributed by atoms with van der Waals surface area (Å²) in [5.41, 5.74) is 13.3. The highest BCUT2D eigenvalue weighted by Crippen LogP contribution is 2.42. The number of rotatable bonds is 6. The monoisotopic (exact) mass is 652 g/mol. The van der Waals surface area contributed by atoms with E-state index >= 15 is 0 Å². The largest absolute Gasteiger partial charge is 0.456 e. The van der Waals surface area contributed by atoms with Crippen molar-refractivity contribution in [3.8, 4) is 27.9 Å². The fourth-order valence-corrected chi connectivity index (χ4v) is 7.54. The highest BCUT2D eigenvalue weighted by atomic mass is 16.3. The number of hydrogen-bond acceptors (Lipinski definition) is 2. The van der Waals surface area contributed by atoms with Gasteiger partial charge in [0.25, 0.3) is 0 Å². The van der Waals surface area contributed by atoms with Crippen molar-refractivity contribution in [2.75, 3.05) is 4.90 Å². The zero-order valence-electron chi connectivity index (χ0n) is 27.8. The van der Waals surface area contributed by atoms with E-state index in [-0.39, 0.29) is 0 Å². The number of benzene rings is 8. The highest BCUT2D eigenvalue weighted by molar-refractivity contribution is 6.11. The fourth-order valence-electron chi connectivity index (χ4n) is 7.54. The first kappa shape index (κ1) is 29.1.